The SMILES string of the molecule is CCC1COCCN1c1cccc(CCl)n1. The Morgan fingerprint density at radius 3 is 3.19 bits per heavy atom. The lowest BCUT2D eigenvalue weighted by Gasteiger charge is -2.36. The first kappa shape index (κ1) is 11.7. The molecule has 0 aliphatic carbocycles. The summed E-state index contributed by atoms with van der Waals surface area (Å²) < 4.78 is 5.49. The smallest absolute Gasteiger partial charge is 0.129 e. The Labute approximate surface area is 101 Å². The van der Waals surface area contributed by atoms with Crippen LogP contribution in [-0.2, 0) is 10.6 Å². The minimum Gasteiger partial charge on any atom is -0.377 e. The van der Waals surface area contributed by atoms with E-state index >= 15 is 0 Å². The first-order chi connectivity index (χ1) is 7.85. The van der Waals surface area contributed by atoms with Crippen LogP contribution in [0, 0.1) is 0 Å². The van der Waals surface area contributed by atoms with Crippen molar-refractivity contribution in [3.63, 3.8) is 0 Å². The molecule has 2 rings (SSSR count). The van der Waals surface area contributed by atoms with Crippen molar-refractivity contribution in [1.82, 2.24) is 4.98 Å². The normalized spacial score (nSPS) is 21.1. The summed E-state index contributed by atoms with van der Waals surface area (Å²) in [6.45, 7) is 4.67. The van der Waals surface area contributed by atoms with Gasteiger partial charge in [0.1, 0.15) is 5.82 Å². The highest BCUT2D eigenvalue weighted by Gasteiger charge is 2.22. The van der Waals surface area contributed by atoms with Crippen molar-refractivity contribution in [2.45, 2.75) is 25.3 Å². The fraction of sp³-hybridized carbons (Fsp3) is 0.583. The van der Waals surface area contributed by atoms with Crippen molar-refractivity contribution in [1.29, 1.82) is 0 Å². The standard InChI is InChI=1S/C12H17ClN2O/c1-2-11-9-16-7-6-15(11)12-5-3-4-10(8-13)14-12/h3-5,11H,2,6-9H2,1H3. The predicted octanol–water partition coefficient (Wildman–Crippen LogP) is 2.44. The van der Waals surface area contributed by atoms with Crippen LogP contribution in [-0.4, -0.2) is 30.8 Å². The molecule has 1 saturated heterocycles. The van der Waals surface area contributed by atoms with Crippen molar-refractivity contribution >= 4 is 17.4 Å². The Balaban J connectivity index is 2.20. The van der Waals surface area contributed by atoms with E-state index in [1.165, 1.54) is 0 Å². The van der Waals surface area contributed by atoms with Crippen LogP contribution in [0.2, 0.25) is 0 Å². The summed E-state index contributed by atoms with van der Waals surface area (Å²) in [5.74, 6) is 1.49. The minimum atomic E-state index is 0.437. The van der Waals surface area contributed by atoms with Crippen molar-refractivity contribution < 1.29 is 4.74 Å². The molecule has 1 atom stereocenters. The molecule has 1 aromatic rings. The van der Waals surface area contributed by atoms with Crippen LogP contribution in [0.5, 0.6) is 0 Å². The molecule has 0 amide bonds. The lowest BCUT2D eigenvalue weighted by molar-refractivity contribution is 0.0925. The van der Waals surface area contributed by atoms with Crippen LogP contribution >= 0.6 is 11.6 Å². The first-order valence-corrected chi connectivity index (χ1v) is 6.25. The van der Waals surface area contributed by atoms with Crippen molar-refractivity contribution in [3.05, 3.63) is 23.9 Å². The van der Waals surface area contributed by atoms with Gasteiger partial charge in [-0.1, -0.05) is 13.0 Å². The second-order valence-electron chi connectivity index (χ2n) is 3.95. The van der Waals surface area contributed by atoms with Gasteiger partial charge in [0.15, 0.2) is 0 Å². The molecule has 0 saturated carbocycles. The number of rotatable bonds is 3. The maximum atomic E-state index is 5.80. The van der Waals surface area contributed by atoms with Crippen LogP contribution in [0.25, 0.3) is 0 Å². The second-order valence-corrected chi connectivity index (χ2v) is 4.22. The number of anilines is 1. The summed E-state index contributed by atoms with van der Waals surface area (Å²) in [6.07, 6.45) is 1.08. The van der Waals surface area contributed by atoms with Crippen molar-refractivity contribution in [2.24, 2.45) is 0 Å². The Bertz CT molecular complexity index is 346. The van der Waals surface area contributed by atoms with Gasteiger partial charge in [-0.25, -0.2) is 4.98 Å². The number of alkyl halides is 1. The molecule has 1 fully saturated rings. The zero-order valence-electron chi connectivity index (χ0n) is 9.53. The Morgan fingerprint density at radius 1 is 1.56 bits per heavy atom. The van der Waals surface area contributed by atoms with Crippen LogP contribution in [0.4, 0.5) is 5.82 Å². The summed E-state index contributed by atoms with van der Waals surface area (Å²) >= 11 is 5.80. The summed E-state index contributed by atoms with van der Waals surface area (Å²) in [7, 11) is 0. The molecule has 1 aromatic heterocycles. The Hall–Kier alpha value is -0.800. The number of ether oxygens (including phenoxy) is 1. The molecule has 0 N–H and O–H groups in total. The molecule has 88 valence electrons. The average Bonchev–Trinajstić information content (AvgIpc) is 2.38. The maximum absolute atomic E-state index is 5.80. The average molecular weight is 241 g/mol. The van der Waals surface area contributed by atoms with Gasteiger partial charge in [0, 0.05) is 6.54 Å². The van der Waals surface area contributed by atoms with Crippen LogP contribution in [0.15, 0.2) is 18.2 Å². The largest absolute Gasteiger partial charge is 0.377 e. The fourth-order valence-corrected chi connectivity index (χ4v) is 2.14. The van der Waals surface area contributed by atoms with Gasteiger partial charge in [0.25, 0.3) is 0 Å². The first-order valence-electron chi connectivity index (χ1n) is 5.71. The molecule has 0 spiro atoms. The number of pyridine rings is 1. The number of nitrogens with zero attached hydrogens (tertiary/aromatic N) is 2. The zero-order chi connectivity index (χ0) is 11.4. The van der Waals surface area contributed by atoms with E-state index in [-0.39, 0.29) is 0 Å². The highest BCUT2D eigenvalue weighted by atomic mass is 35.5. The van der Waals surface area contributed by atoms with E-state index < -0.39 is 0 Å². The van der Waals surface area contributed by atoms with Gasteiger partial charge in [-0.2, -0.15) is 0 Å². The van der Waals surface area contributed by atoms with Gasteiger partial charge < -0.3 is 9.64 Å². The van der Waals surface area contributed by atoms with Crippen LogP contribution in [0.1, 0.15) is 19.0 Å². The summed E-state index contributed by atoms with van der Waals surface area (Å²) in [4.78, 5) is 6.87. The highest BCUT2D eigenvalue weighted by Crippen LogP contribution is 2.19. The van der Waals surface area contributed by atoms with E-state index in [9.17, 15) is 0 Å². The molecule has 0 aromatic carbocycles. The van der Waals surface area contributed by atoms with E-state index in [2.05, 4.69) is 16.8 Å². The van der Waals surface area contributed by atoms with E-state index in [4.69, 9.17) is 16.3 Å². The zero-order valence-corrected chi connectivity index (χ0v) is 10.3. The third kappa shape index (κ3) is 2.47. The van der Waals surface area contributed by atoms with Gasteiger partial charge in [-0.05, 0) is 18.6 Å². The maximum Gasteiger partial charge on any atom is 0.129 e. The predicted molar refractivity (Wildman–Crippen MR) is 66.0 cm³/mol. The topological polar surface area (TPSA) is 25.4 Å². The molecule has 1 aliphatic rings. The van der Waals surface area contributed by atoms with Gasteiger partial charge >= 0.3 is 0 Å². The number of morpholine rings is 1. The molecule has 16 heavy (non-hydrogen) atoms. The second kappa shape index (κ2) is 5.51. The Kier molecular flexibility index (Phi) is 4.02. The van der Waals surface area contributed by atoms with Gasteiger partial charge in [0.2, 0.25) is 0 Å². The summed E-state index contributed by atoms with van der Waals surface area (Å²) in [5.41, 5.74) is 0.931. The molecular formula is C12H17ClN2O. The quantitative estimate of drug-likeness (QED) is 0.759. The molecule has 3 nitrogen and oxygen atoms in total. The molecule has 0 radical (unpaired) electrons. The van der Waals surface area contributed by atoms with E-state index in [0.717, 1.165) is 37.7 Å². The molecule has 0 bridgehead atoms. The molecular weight excluding hydrogens is 224 g/mol. The highest BCUT2D eigenvalue weighted by molar-refractivity contribution is 6.16. The van der Waals surface area contributed by atoms with Crippen LogP contribution < -0.4 is 4.90 Å². The van der Waals surface area contributed by atoms with E-state index in [0.29, 0.717) is 11.9 Å². The lowest BCUT2D eigenvalue weighted by atomic mass is 10.1. The minimum absolute atomic E-state index is 0.437. The lowest BCUT2D eigenvalue weighted by Crippen LogP contribution is -2.45. The third-order valence-corrected chi connectivity index (χ3v) is 3.20. The van der Waals surface area contributed by atoms with Crippen molar-refractivity contribution in [3.8, 4) is 0 Å². The van der Waals surface area contributed by atoms with Gasteiger partial charge in [0.05, 0.1) is 30.8 Å². The third-order valence-electron chi connectivity index (χ3n) is 2.92. The summed E-state index contributed by atoms with van der Waals surface area (Å²) in [5, 5.41) is 0. The van der Waals surface area contributed by atoms with Crippen LogP contribution in [0.3, 0.4) is 0 Å². The fourth-order valence-electron chi connectivity index (χ4n) is 2.00. The molecule has 2 heterocycles. The van der Waals surface area contributed by atoms with Gasteiger partial charge in [-0.3, -0.25) is 0 Å². The van der Waals surface area contributed by atoms with Gasteiger partial charge in [-0.15, -0.1) is 11.6 Å². The number of hydrogen-bond donors (Lipinski definition) is 0. The summed E-state index contributed by atoms with van der Waals surface area (Å²) in [6, 6.07) is 6.45. The molecule has 1 aliphatic heterocycles. The monoisotopic (exact) mass is 240 g/mol. The van der Waals surface area contributed by atoms with E-state index in [1.54, 1.807) is 0 Å². The number of halogens is 1. The Morgan fingerprint density at radius 2 is 2.44 bits per heavy atom. The van der Waals surface area contributed by atoms with E-state index in [1.807, 2.05) is 18.2 Å². The molecule has 1 unspecified atom stereocenters. The molecule has 4 heteroatoms. The number of hydrogen-bond acceptors (Lipinski definition) is 3. The number of aromatic nitrogens is 1. The van der Waals surface area contributed by atoms with Crippen molar-refractivity contribution in [2.75, 3.05) is 24.7 Å².